The number of ether oxygens (including phenoxy) is 1. The number of hydrogen-bond donors (Lipinski definition) is 0. The summed E-state index contributed by atoms with van der Waals surface area (Å²) < 4.78 is 11.6. The van der Waals surface area contributed by atoms with E-state index in [0.29, 0.717) is 11.1 Å². The molecule has 158 valence electrons. The summed E-state index contributed by atoms with van der Waals surface area (Å²) in [4.78, 5) is 13.5. The topological polar surface area (TPSA) is 39.4 Å². The summed E-state index contributed by atoms with van der Waals surface area (Å²) >= 11 is 0. The van der Waals surface area contributed by atoms with E-state index in [-0.39, 0.29) is 5.63 Å². The van der Waals surface area contributed by atoms with Crippen LogP contribution in [0.15, 0.2) is 112 Å². The fourth-order valence-corrected chi connectivity index (χ4v) is 4.74. The number of fused-ring (bicyclic) bond motifs is 4. The van der Waals surface area contributed by atoms with Gasteiger partial charge in [0.05, 0.1) is 12.7 Å². The number of methoxy groups -OCH3 is 1. The molecule has 0 atom stereocenters. The molecule has 3 nitrogen and oxygen atoms in total. The van der Waals surface area contributed by atoms with Crippen molar-refractivity contribution in [3.05, 3.63) is 114 Å². The lowest BCUT2D eigenvalue weighted by Gasteiger charge is -2.16. The van der Waals surface area contributed by atoms with Gasteiger partial charge in [-0.1, -0.05) is 91.0 Å². The van der Waals surface area contributed by atoms with E-state index >= 15 is 0 Å². The first-order valence-electron chi connectivity index (χ1n) is 10.9. The summed E-state index contributed by atoms with van der Waals surface area (Å²) in [6, 6.07) is 34.0. The highest BCUT2D eigenvalue weighted by molar-refractivity contribution is 6.15. The van der Waals surface area contributed by atoms with Crippen molar-refractivity contribution in [2.75, 3.05) is 7.11 Å². The summed E-state index contributed by atoms with van der Waals surface area (Å²) in [6.07, 6.45) is 0. The minimum absolute atomic E-state index is 0.347. The molecule has 0 unspecified atom stereocenters. The molecule has 0 fully saturated rings. The Kier molecular flexibility index (Phi) is 4.48. The number of hydrogen-bond acceptors (Lipinski definition) is 3. The van der Waals surface area contributed by atoms with Gasteiger partial charge in [-0.15, -0.1) is 0 Å². The highest BCUT2D eigenvalue weighted by atomic mass is 16.5. The second-order valence-corrected chi connectivity index (χ2v) is 8.03. The lowest BCUT2D eigenvalue weighted by molar-refractivity contribution is 0.420. The van der Waals surface area contributed by atoms with Gasteiger partial charge in [-0.2, -0.15) is 0 Å². The van der Waals surface area contributed by atoms with Gasteiger partial charge in [-0.25, -0.2) is 4.79 Å². The maximum absolute atomic E-state index is 13.5. The summed E-state index contributed by atoms with van der Waals surface area (Å²) in [7, 11) is 1.68. The zero-order valence-corrected chi connectivity index (χ0v) is 18.0. The van der Waals surface area contributed by atoms with Crippen molar-refractivity contribution in [1.29, 1.82) is 0 Å². The van der Waals surface area contributed by atoms with Crippen molar-refractivity contribution in [3.63, 3.8) is 0 Å². The van der Waals surface area contributed by atoms with Crippen molar-refractivity contribution in [3.8, 4) is 28.0 Å². The Hall–Kier alpha value is -4.37. The first kappa shape index (κ1) is 19.3. The molecule has 1 heterocycles. The van der Waals surface area contributed by atoms with Gasteiger partial charge in [-0.05, 0) is 34.0 Å². The zero-order chi connectivity index (χ0) is 22.4. The van der Waals surface area contributed by atoms with Gasteiger partial charge in [0.15, 0.2) is 0 Å². The quantitative estimate of drug-likeness (QED) is 0.217. The average Bonchev–Trinajstić information content (AvgIpc) is 2.88. The van der Waals surface area contributed by atoms with E-state index in [0.717, 1.165) is 49.4 Å². The highest BCUT2D eigenvalue weighted by Gasteiger charge is 2.21. The zero-order valence-electron chi connectivity index (χ0n) is 18.0. The highest BCUT2D eigenvalue weighted by Crippen LogP contribution is 2.42. The SMILES string of the molecule is COc1ccc(-c2c(-c3ccccc3)c(=O)oc3c2ccc2ccccc23)c2ccccc12. The molecule has 0 saturated carbocycles. The molecule has 6 aromatic rings. The standard InChI is InChI=1S/C30H20O3/c1-32-26-18-17-24(22-13-7-8-14-23(22)26)28-25-16-15-19-9-5-6-12-21(19)29(25)33-30(31)27(28)20-10-3-2-4-11-20/h2-18H,1H3. The molecule has 33 heavy (non-hydrogen) atoms. The first-order chi connectivity index (χ1) is 16.3. The van der Waals surface area contributed by atoms with Crippen LogP contribution in [0.4, 0.5) is 0 Å². The molecule has 6 rings (SSSR count). The third-order valence-corrected chi connectivity index (χ3v) is 6.23. The minimum Gasteiger partial charge on any atom is -0.496 e. The van der Waals surface area contributed by atoms with E-state index in [4.69, 9.17) is 9.15 Å². The molecule has 0 N–H and O–H groups in total. The van der Waals surface area contributed by atoms with Crippen LogP contribution in [0.5, 0.6) is 5.75 Å². The van der Waals surface area contributed by atoms with Crippen molar-refractivity contribution in [2.24, 2.45) is 0 Å². The van der Waals surface area contributed by atoms with Crippen LogP contribution in [0.1, 0.15) is 0 Å². The Morgan fingerprint density at radius 3 is 2.09 bits per heavy atom. The molecule has 0 aliphatic carbocycles. The van der Waals surface area contributed by atoms with Gasteiger partial charge in [-0.3, -0.25) is 0 Å². The lowest BCUT2D eigenvalue weighted by atomic mass is 9.89. The third-order valence-electron chi connectivity index (χ3n) is 6.23. The van der Waals surface area contributed by atoms with E-state index in [1.165, 1.54) is 0 Å². The van der Waals surface area contributed by atoms with Gasteiger partial charge in [0.1, 0.15) is 11.3 Å². The Morgan fingerprint density at radius 2 is 1.30 bits per heavy atom. The molecule has 5 aromatic carbocycles. The second-order valence-electron chi connectivity index (χ2n) is 8.03. The van der Waals surface area contributed by atoms with Gasteiger partial charge >= 0.3 is 5.63 Å². The summed E-state index contributed by atoms with van der Waals surface area (Å²) in [5.41, 5.74) is 3.49. The van der Waals surface area contributed by atoms with Crippen LogP contribution in [-0.2, 0) is 0 Å². The second kappa shape index (κ2) is 7.64. The van der Waals surface area contributed by atoms with Crippen LogP contribution in [0.3, 0.4) is 0 Å². The molecule has 3 heteroatoms. The number of benzene rings is 5. The maximum atomic E-state index is 13.5. The van der Waals surface area contributed by atoms with Crippen LogP contribution >= 0.6 is 0 Å². The van der Waals surface area contributed by atoms with Gasteiger partial charge < -0.3 is 9.15 Å². The molecule has 0 aliphatic heterocycles. The Bertz CT molecular complexity index is 1710. The van der Waals surface area contributed by atoms with Crippen molar-refractivity contribution >= 4 is 32.5 Å². The van der Waals surface area contributed by atoms with Crippen molar-refractivity contribution in [1.82, 2.24) is 0 Å². The smallest absolute Gasteiger partial charge is 0.344 e. The van der Waals surface area contributed by atoms with Crippen molar-refractivity contribution < 1.29 is 9.15 Å². The van der Waals surface area contributed by atoms with E-state index in [2.05, 4.69) is 18.2 Å². The van der Waals surface area contributed by atoms with Gasteiger partial charge in [0.25, 0.3) is 0 Å². The van der Waals surface area contributed by atoms with Gasteiger partial charge in [0, 0.05) is 21.7 Å². The normalized spacial score (nSPS) is 11.3. The molecular weight excluding hydrogens is 408 g/mol. The van der Waals surface area contributed by atoms with Crippen LogP contribution in [0.25, 0.3) is 54.8 Å². The molecule has 1 aromatic heterocycles. The Labute approximate surface area is 190 Å². The summed E-state index contributed by atoms with van der Waals surface area (Å²) in [5.74, 6) is 0.799. The summed E-state index contributed by atoms with van der Waals surface area (Å²) in [5, 5.41) is 4.88. The first-order valence-corrected chi connectivity index (χ1v) is 10.9. The Morgan fingerprint density at radius 1 is 0.606 bits per heavy atom. The molecule has 0 aliphatic rings. The molecule has 0 saturated heterocycles. The van der Waals surface area contributed by atoms with E-state index in [1.807, 2.05) is 84.9 Å². The lowest BCUT2D eigenvalue weighted by Crippen LogP contribution is -2.06. The van der Waals surface area contributed by atoms with E-state index in [9.17, 15) is 4.79 Å². The molecule has 0 bridgehead atoms. The predicted octanol–water partition coefficient (Wildman–Crippen LogP) is 7.44. The predicted molar refractivity (Wildman–Crippen MR) is 135 cm³/mol. The molecular formula is C30H20O3. The summed E-state index contributed by atoms with van der Waals surface area (Å²) in [6.45, 7) is 0. The average molecular weight is 428 g/mol. The third kappa shape index (κ3) is 3.01. The minimum atomic E-state index is -0.347. The fourth-order valence-electron chi connectivity index (χ4n) is 4.74. The van der Waals surface area contributed by atoms with Crippen molar-refractivity contribution in [2.45, 2.75) is 0 Å². The van der Waals surface area contributed by atoms with Crippen LogP contribution in [-0.4, -0.2) is 7.11 Å². The maximum Gasteiger partial charge on any atom is 0.344 e. The molecule has 0 amide bonds. The largest absolute Gasteiger partial charge is 0.496 e. The number of rotatable bonds is 3. The fraction of sp³-hybridized carbons (Fsp3) is 0.0333. The van der Waals surface area contributed by atoms with Crippen LogP contribution in [0, 0.1) is 0 Å². The van der Waals surface area contributed by atoms with Crippen LogP contribution in [0.2, 0.25) is 0 Å². The van der Waals surface area contributed by atoms with Gasteiger partial charge in [0.2, 0.25) is 0 Å². The van der Waals surface area contributed by atoms with E-state index in [1.54, 1.807) is 7.11 Å². The van der Waals surface area contributed by atoms with Crippen LogP contribution < -0.4 is 10.4 Å². The molecule has 0 radical (unpaired) electrons. The molecule has 0 spiro atoms. The monoisotopic (exact) mass is 428 g/mol. The van der Waals surface area contributed by atoms with E-state index < -0.39 is 0 Å². The Balaban J connectivity index is 1.84.